The summed E-state index contributed by atoms with van der Waals surface area (Å²) >= 11 is 6.11. The summed E-state index contributed by atoms with van der Waals surface area (Å²) in [6.07, 6.45) is 0. The molecule has 0 spiro atoms. The van der Waals surface area contributed by atoms with Crippen molar-refractivity contribution in [2.75, 3.05) is 32.9 Å². The Hall–Kier alpha value is -3.43. The number of sulfonamides is 1. The van der Waals surface area contributed by atoms with Gasteiger partial charge in [-0.25, -0.2) is 18.2 Å². The van der Waals surface area contributed by atoms with Crippen LogP contribution in [0.25, 0.3) is 16.6 Å². The minimum absolute atomic E-state index is 0.0394. The number of ether oxygens (including phenoxy) is 2. The minimum atomic E-state index is -3.95. The van der Waals surface area contributed by atoms with Gasteiger partial charge in [0.1, 0.15) is 23.1 Å². The molecular weight excluding hydrogens is 484 g/mol. The molecule has 1 saturated heterocycles. The molecule has 0 atom stereocenters. The number of nitrogens with zero attached hydrogens (tertiary/aromatic N) is 3. The maximum atomic E-state index is 12.9. The van der Waals surface area contributed by atoms with Crippen molar-refractivity contribution >= 4 is 44.2 Å². The van der Waals surface area contributed by atoms with Gasteiger partial charge in [0.15, 0.2) is 11.6 Å². The number of halogens is 1. The normalized spacial score (nSPS) is 15.5. The molecule has 0 radical (unpaired) electrons. The lowest BCUT2D eigenvalue weighted by molar-refractivity contribution is 0.0502. The second kappa shape index (κ2) is 9.82. The number of carbonyl (C=O) groups is 1. The number of rotatable bonds is 6. The number of aliphatic hydroxyl groups is 1. The van der Waals surface area contributed by atoms with Crippen LogP contribution in [0, 0.1) is 11.3 Å². The van der Waals surface area contributed by atoms with Crippen molar-refractivity contribution < 1.29 is 27.8 Å². The first-order chi connectivity index (χ1) is 16.3. The van der Waals surface area contributed by atoms with Crippen LogP contribution in [-0.2, 0) is 19.5 Å². The number of hydrogen-bond donors (Lipinski definition) is 2. The van der Waals surface area contributed by atoms with Crippen LogP contribution in [0.5, 0.6) is 0 Å². The number of esters is 1. The highest BCUT2D eigenvalue weighted by molar-refractivity contribution is 7.89. The molecule has 2 aromatic carbocycles. The van der Waals surface area contributed by atoms with E-state index in [-0.39, 0.29) is 53.2 Å². The molecule has 0 aliphatic carbocycles. The summed E-state index contributed by atoms with van der Waals surface area (Å²) in [5, 5.41) is 19.8. The Bertz CT molecular complexity index is 1390. The largest absolute Gasteiger partial charge is 0.507 e. The van der Waals surface area contributed by atoms with Crippen molar-refractivity contribution in [3.8, 4) is 6.07 Å². The first-order valence-corrected chi connectivity index (χ1v) is 11.9. The zero-order valence-electron chi connectivity index (χ0n) is 17.7. The molecule has 1 fully saturated rings. The Morgan fingerprint density at radius 1 is 1.26 bits per heavy atom. The smallest absolute Gasteiger partial charge is 0.338 e. The molecule has 1 aliphatic heterocycles. The lowest BCUT2D eigenvalue weighted by Crippen LogP contribution is -2.40. The third-order valence-electron chi connectivity index (χ3n) is 5.12. The van der Waals surface area contributed by atoms with E-state index >= 15 is 0 Å². The van der Waals surface area contributed by atoms with E-state index in [1.807, 2.05) is 6.07 Å². The Labute approximate surface area is 200 Å². The average molecular weight is 503 g/mol. The highest BCUT2D eigenvalue weighted by Gasteiger charge is 2.29. The van der Waals surface area contributed by atoms with E-state index in [0.29, 0.717) is 11.0 Å². The molecule has 0 bridgehead atoms. The Morgan fingerprint density at radius 3 is 2.71 bits per heavy atom. The predicted molar refractivity (Wildman–Crippen MR) is 123 cm³/mol. The van der Waals surface area contributed by atoms with Gasteiger partial charge in [-0.1, -0.05) is 23.7 Å². The fourth-order valence-corrected chi connectivity index (χ4v) is 5.28. The third-order valence-corrected chi connectivity index (χ3v) is 7.50. The van der Waals surface area contributed by atoms with E-state index in [4.69, 9.17) is 21.1 Å². The summed E-state index contributed by atoms with van der Waals surface area (Å²) in [6.45, 7) is 0.246. The van der Waals surface area contributed by atoms with Crippen molar-refractivity contribution in [2.24, 2.45) is 0 Å². The van der Waals surface area contributed by atoms with E-state index in [1.54, 1.807) is 24.3 Å². The number of hydrogen-bond acceptors (Lipinski definition) is 8. The van der Waals surface area contributed by atoms with E-state index in [2.05, 4.69) is 9.97 Å². The zero-order valence-corrected chi connectivity index (χ0v) is 19.3. The summed E-state index contributed by atoms with van der Waals surface area (Å²) in [4.78, 5) is 19.5. The summed E-state index contributed by atoms with van der Waals surface area (Å²) in [7, 11) is -3.95. The molecule has 0 unspecified atom stereocenters. The minimum Gasteiger partial charge on any atom is -0.507 e. The molecule has 3 aromatic rings. The second-order valence-corrected chi connectivity index (χ2v) is 9.59. The number of aromatic nitrogens is 2. The maximum absolute atomic E-state index is 12.9. The van der Waals surface area contributed by atoms with E-state index in [9.17, 15) is 23.6 Å². The molecule has 4 rings (SSSR count). The number of aliphatic hydroxyl groups excluding tert-OH is 1. The predicted octanol–water partition coefficient (Wildman–Crippen LogP) is 2.89. The van der Waals surface area contributed by atoms with Gasteiger partial charge in [0.25, 0.3) is 0 Å². The van der Waals surface area contributed by atoms with Gasteiger partial charge in [0.05, 0.1) is 34.8 Å². The zero-order chi connectivity index (χ0) is 24.3. The average Bonchev–Trinajstić information content (AvgIpc) is 3.27. The summed E-state index contributed by atoms with van der Waals surface area (Å²) < 4.78 is 37.4. The number of aromatic amines is 1. The number of nitrogens with one attached hydrogen (secondary N) is 1. The molecule has 1 aliphatic rings. The van der Waals surface area contributed by atoms with Crippen LogP contribution >= 0.6 is 11.6 Å². The van der Waals surface area contributed by atoms with Crippen LogP contribution in [-0.4, -0.2) is 66.7 Å². The molecule has 0 amide bonds. The molecule has 2 N–H and O–H groups in total. The number of H-pyrrole nitrogens is 1. The first kappa shape index (κ1) is 23.7. The quantitative estimate of drug-likeness (QED) is 0.297. The molecular formula is C22H19ClN4O6S. The Morgan fingerprint density at radius 2 is 2.00 bits per heavy atom. The highest BCUT2D eigenvalue weighted by atomic mass is 35.5. The fraction of sp³-hybridized carbons (Fsp3) is 0.227. The van der Waals surface area contributed by atoms with Gasteiger partial charge in [0.2, 0.25) is 10.0 Å². The molecule has 0 saturated carbocycles. The van der Waals surface area contributed by atoms with Gasteiger partial charge < -0.3 is 19.6 Å². The van der Waals surface area contributed by atoms with Crippen LogP contribution < -0.4 is 0 Å². The van der Waals surface area contributed by atoms with Crippen LogP contribution in [0.1, 0.15) is 16.2 Å². The van der Waals surface area contributed by atoms with Gasteiger partial charge in [-0.2, -0.15) is 9.57 Å². The van der Waals surface area contributed by atoms with Crippen LogP contribution in [0.2, 0.25) is 5.02 Å². The maximum Gasteiger partial charge on any atom is 0.338 e. The monoisotopic (exact) mass is 502 g/mol. The topological polar surface area (TPSA) is 146 Å². The number of allylic oxidation sites excluding steroid dienone is 1. The third kappa shape index (κ3) is 4.76. The van der Waals surface area contributed by atoms with Crippen molar-refractivity contribution in [1.82, 2.24) is 14.3 Å². The van der Waals surface area contributed by atoms with Crippen molar-refractivity contribution in [3.63, 3.8) is 0 Å². The molecule has 1 aromatic heterocycles. The molecule has 10 nitrogen and oxygen atoms in total. The number of nitriles is 1. The number of fused-ring (bicyclic) bond motifs is 1. The first-order valence-electron chi connectivity index (χ1n) is 10.1. The van der Waals surface area contributed by atoms with Gasteiger partial charge in [-0.3, -0.25) is 0 Å². The SMILES string of the molecule is N#CC(=C(O)COC(=O)c1ccc(Cl)c(S(=O)(=O)N2CCOCC2)c1)c1nc2ccccc2[nH]1. The summed E-state index contributed by atoms with van der Waals surface area (Å²) in [6, 6.07) is 12.7. The van der Waals surface area contributed by atoms with Gasteiger partial charge in [-0.05, 0) is 30.3 Å². The number of imidazole rings is 1. The Kier molecular flexibility index (Phi) is 6.85. The van der Waals surface area contributed by atoms with Gasteiger partial charge in [-0.15, -0.1) is 0 Å². The van der Waals surface area contributed by atoms with Crippen LogP contribution in [0.3, 0.4) is 0 Å². The number of benzene rings is 2. The Balaban J connectivity index is 1.53. The van der Waals surface area contributed by atoms with E-state index in [0.717, 1.165) is 6.07 Å². The van der Waals surface area contributed by atoms with Crippen molar-refractivity contribution in [1.29, 1.82) is 5.26 Å². The van der Waals surface area contributed by atoms with Crippen LogP contribution in [0.4, 0.5) is 0 Å². The lowest BCUT2D eigenvalue weighted by Gasteiger charge is -2.26. The number of carbonyl (C=O) groups excluding carboxylic acids is 1. The van der Waals surface area contributed by atoms with Crippen molar-refractivity contribution in [3.05, 3.63) is 64.6 Å². The number of morpholine rings is 1. The number of para-hydroxylation sites is 2. The van der Waals surface area contributed by atoms with E-state index in [1.165, 1.54) is 16.4 Å². The summed E-state index contributed by atoms with van der Waals surface area (Å²) in [5.41, 5.74) is 1.01. The van der Waals surface area contributed by atoms with E-state index < -0.39 is 28.4 Å². The molecule has 12 heteroatoms. The van der Waals surface area contributed by atoms with Crippen LogP contribution in [0.15, 0.2) is 53.1 Å². The van der Waals surface area contributed by atoms with Crippen molar-refractivity contribution in [2.45, 2.75) is 4.90 Å². The molecule has 34 heavy (non-hydrogen) atoms. The molecule has 176 valence electrons. The second-order valence-electron chi connectivity index (χ2n) is 7.27. The highest BCUT2D eigenvalue weighted by Crippen LogP contribution is 2.27. The summed E-state index contributed by atoms with van der Waals surface area (Å²) in [5.74, 6) is -1.28. The lowest BCUT2D eigenvalue weighted by atomic mass is 10.2. The molecule has 2 heterocycles. The van der Waals surface area contributed by atoms with Gasteiger partial charge in [0, 0.05) is 13.1 Å². The standard InChI is InChI=1S/C22H19ClN4O6S/c23-16-6-5-14(11-20(16)34(30,31)27-7-9-32-10-8-27)22(29)33-13-19(28)15(12-24)21-25-17-3-1-2-4-18(17)26-21/h1-6,11,28H,7-10,13H2,(H,25,26). The fourth-order valence-electron chi connectivity index (χ4n) is 3.37. The van der Waals surface area contributed by atoms with Gasteiger partial charge >= 0.3 is 5.97 Å².